The zero-order valence-corrected chi connectivity index (χ0v) is 14.0. The van der Waals surface area contributed by atoms with E-state index in [1.807, 2.05) is 12.4 Å². The van der Waals surface area contributed by atoms with Crippen LogP contribution in [0.25, 0.3) is 0 Å². The molecule has 0 aliphatic heterocycles. The summed E-state index contributed by atoms with van der Waals surface area (Å²) >= 11 is 0.194. The van der Waals surface area contributed by atoms with E-state index in [-0.39, 0.29) is 13.1 Å². The van der Waals surface area contributed by atoms with Gasteiger partial charge in [0.1, 0.15) is 0 Å². The molecular weight excluding hydrogens is 323 g/mol. The van der Waals surface area contributed by atoms with Gasteiger partial charge < -0.3 is 0 Å². The van der Waals surface area contributed by atoms with E-state index in [0.29, 0.717) is 12.1 Å². The molecule has 5 heteroatoms. The van der Waals surface area contributed by atoms with E-state index < -0.39 is 0 Å². The third-order valence-corrected chi connectivity index (χ3v) is 3.81. The van der Waals surface area contributed by atoms with Crippen LogP contribution in [0.2, 0.25) is 0 Å². The molecule has 0 spiro atoms. The average Bonchev–Trinajstić information content (AvgIpc) is 2.47. The fraction of sp³-hybridized carbons (Fsp3) is 0.857. The molecule has 2 nitrogen and oxygen atoms in total. The van der Waals surface area contributed by atoms with Gasteiger partial charge in [-0.2, -0.15) is 0 Å². The fourth-order valence-corrected chi connectivity index (χ4v) is 2.78. The Balaban J connectivity index is 0.000000550. The maximum absolute atomic E-state index is 4.76. The number of rotatable bonds is 3. The van der Waals surface area contributed by atoms with Crippen LogP contribution in [0.1, 0.15) is 64.2 Å². The van der Waals surface area contributed by atoms with E-state index in [2.05, 4.69) is 9.98 Å². The van der Waals surface area contributed by atoms with Crippen LogP contribution >= 0.6 is 20.2 Å². The Hall–Kier alpha value is 0.439. The third kappa shape index (κ3) is 9.07. The SMILES string of the molecule is C(C=NC1CCCCC1)=NC1CCCCC1.[Cl][Fe][Cl]. The van der Waals surface area contributed by atoms with Crippen LogP contribution in [0.15, 0.2) is 9.98 Å². The summed E-state index contributed by atoms with van der Waals surface area (Å²) in [5.74, 6) is 0. The van der Waals surface area contributed by atoms with Gasteiger partial charge in [-0.1, -0.05) is 38.5 Å². The van der Waals surface area contributed by atoms with Crippen molar-refractivity contribution in [3.8, 4) is 0 Å². The van der Waals surface area contributed by atoms with E-state index in [0.717, 1.165) is 0 Å². The normalized spacial score (nSPS) is 22.8. The van der Waals surface area contributed by atoms with Crippen molar-refractivity contribution in [2.45, 2.75) is 76.3 Å². The second-order valence-electron chi connectivity index (χ2n) is 5.23. The molecule has 112 valence electrons. The summed E-state index contributed by atoms with van der Waals surface area (Å²) in [6, 6.07) is 1.18. The molecule has 19 heavy (non-hydrogen) atoms. The molecule has 2 saturated carbocycles. The minimum atomic E-state index is 0.194. The second-order valence-corrected chi connectivity index (χ2v) is 7.05. The van der Waals surface area contributed by atoms with Crippen LogP contribution in [0.3, 0.4) is 0 Å². The summed E-state index contributed by atoms with van der Waals surface area (Å²) in [6.45, 7) is 0. The van der Waals surface area contributed by atoms with Gasteiger partial charge in [-0.25, -0.2) is 0 Å². The fourth-order valence-electron chi connectivity index (χ4n) is 2.78. The molecule has 0 N–H and O–H groups in total. The molecular formula is C14H24Cl2FeN2. The molecule has 0 unspecified atom stereocenters. The molecule has 0 aromatic carbocycles. The van der Waals surface area contributed by atoms with Gasteiger partial charge >= 0.3 is 33.3 Å². The Labute approximate surface area is 132 Å². The van der Waals surface area contributed by atoms with Gasteiger partial charge in [0.25, 0.3) is 0 Å². The van der Waals surface area contributed by atoms with Crippen LogP contribution in [0, 0.1) is 0 Å². The molecule has 0 aromatic heterocycles. The first-order chi connectivity index (χ1) is 9.36. The number of aliphatic imine (C=N–C) groups is 2. The molecule has 0 atom stereocenters. The van der Waals surface area contributed by atoms with Crippen molar-refractivity contribution >= 4 is 32.6 Å². The van der Waals surface area contributed by atoms with E-state index in [1.54, 1.807) is 0 Å². The van der Waals surface area contributed by atoms with Crippen molar-refractivity contribution < 1.29 is 13.1 Å². The van der Waals surface area contributed by atoms with Crippen LogP contribution in [0.5, 0.6) is 0 Å². The van der Waals surface area contributed by atoms with E-state index >= 15 is 0 Å². The topological polar surface area (TPSA) is 24.7 Å². The number of halogens is 2. The first-order valence-electron chi connectivity index (χ1n) is 7.27. The Morgan fingerprint density at radius 2 is 1.00 bits per heavy atom. The maximum atomic E-state index is 4.76. The van der Waals surface area contributed by atoms with Crippen LogP contribution in [0.4, 0.5) is 0 Å². The molecule has 0 bridgehead atoms. The molecule has 0 amide bonds. The summed E-state index contributed by atoms with van der Waals surface area (Å²) in [5.41, 5.74) is 0. The summed E-state index contributed by atoms with van der Waals surface area (Å²) in [7, 11) is 9.53. The number of nitrogens with zero attached hydrogens (tertiary/aromatic N) is 2. The monoisotopic (exact) mass is 346 g/mol. The Kier molecular flexibility index (Phi) is 11.2. The number of hydrogen-bond acceptors (Lipinski definition) is 2. The summed E-state index contributed by atoms with van der Waals surface area (Å²) in [5, 5.41) is 0. The number of hydrogen-bond donors (Lipinski definition) is 0. The first-order valence-corrected chi connectivity index (χ1v) is 10.3. The van der Waals surface area contributed by atoms with Gasteiger partial charge in [-0.05, 0) is 25.7 Å². The van der Waals surface area contributed by atoms with Gasteiger partial charge in [0.05, 0.1) is 0 Å². The van der Waals surface area contributed by atoms with Crippen molar-refractivity contribution in [1.82, 2.24) is 0 Å². The van der Waals surface area contributed by atoms with Crippen molar-refractivity contribution in [2.24, 2.45) is 9.98 Å². The van der Waals surface area contributed by atoms with Gasteiger partial charge in [0.15, 0.2) is 0 Å². The minimum absolute atomic E-state index is 0.194. The standard InChI is InChI=1S/C14H24N2.2ClH.Fe/c1-3-7-13(8-4-1)15-11-12-16-14-9-5-2-6-10-14;;;/h11-14H,1-10H2;2*1H;/q;;;+2/p-2. The van der Waals surface area contributed by atoms with E-state index in [9.17, 15) is 0 Å². The van der Waals surface area contributed by atoms with Crippen LogP contribution < -0.4 is 0 Å². The summed E-state index contributed by atoms with van der Waals surface area (Å²) < 4.78 is 0. The van der Waals surface area contributed by atoms with Crippen molar-refractivity contribution in [1.29, 1.82) is 0 Å². The summed E-state index contributed by atoms with van der Waals surface area (Å²) in [4.78, 5) is 9.19. The molecule has 0 heterocycles. The van der Waals surface area contributed by atoms with E-state index in [1.165, 1.54) is 64.2 Å². The van der Waals surface area contributed by atoms with Crippen molar-refractivity contribution in [3.63, 3.8) is 0 Å². The quantitative estimate of drug-likeness (QED) is 0.497. The Morgan fingerprint density at radius 1 is 0.684 bits per heavy atom. The zero-order chi connectivity index (χ0) is 13.8. The zero-order valence-electron chi connectivity index (χ0n) is 11.4. The van der Waals surface area contributed by atoms with Crippen LogP contribution in [-0.4, -0.2) is 24.5 Å². The van der Waals surface area contributed by atoms with Gasteiger partial charge in [0, 0.05) is 24.5 Å². The molecule has 0 radical (unpaired) electrons. The Bertz CT molecular complexity index is 234. The predicted molar refractivity (Wildman–Crippen MR) is 82.4 cm³/mol. The molecule has 2 aliphatic carbocycles. The van der Waals surface area contributed by atoms with Gasteiger partial charge in [-0.15, -0.1) is 0 Å². The summed E-state index contributed by atoms with van der Waals surface area (Å²) in [6.07, 6.45) is 17.3. The molecule has 2 rings (SSSR count). The van der Waals surface area contributed by atoms with Crippen LogP contribution in [-0.2, 0) is 13.1 Å². The van der Waals surface area contributed by atoms with Crippen molar-refractivity contribution in [3.05, 3.63) is 0 Å². The van der Waals surface area contributed by atoms with E-state index in [4.69, 9.17) is 20.2 Å². The average molecular weight is 347 g/mol. The third-order valence-electron chi connectivity index (χ3n) is 3.81. The molecule has 0 aromatic rings. The molecule has 2 aliphatic rings. The van der Waals surface area contributed by atoms with Crippen molar-refractivity contribution in [2.75, 3.05) is 0 Å². The molecule has 2 fully saturated rings. The molecule has 0 saturated heterocycles. The van der Waals surface area contributed by atoms with Gasteiger partial charge in [-0.3, -0.25) is 9.98 Å². The first kappa shape index (κ1) is 17.5. The predicted octanol–water partition coefficient (Wildman–Crippen LogP) is 5.17. The Morgan fingerprint density at radius 3 is 1.32 bits per heavy atom. The van der Waals surface area contributed by atoms with Gasteiger partial charge in [0.2, 0.25) is 0 Å². The second kappa shape index (κ2) is 12.2.